The molecule has 26 valence electrons. The molecule has 0 aromatic rings. The van der Waals surface area contributed by atoms with E-state index < -0.39 is 0 Å². The summed E-state index contributed by atoms with van der Waals surface area (Å²) in [6.45, 7) is 1.81. The zero-order valence-electron chi connectivity index (χ0n) is 3.02. The van der Waals surface area contributed by atoms with Gasteiger partial charge in [0, 0.05) is 0 Å². The summed E-state index contributed by atoms with van der Waals surface area (Å²) >= 11 is 0.618. The molecule has 0 aromatic carbocycles. The van der Waals surface area contributed by atoms with Crippen molar-refractivity contribution in [3.05, 3.63) is 0 Å². The zero-order valence-corrected chi connectivity index (χ0v) is 7.22. The Morgan fingerprint density at radius 1 is 2.00 bits per heavy atom. The van der Waals surface area contributed by atoms with Crippen LogP contribution in [-0.2, 0) is 0 Å². The Morgan fingerprint density at radius 3 is 2.00 bits per heavy atom. The molecule has 2 heteroatoms. The first-order chi connectivity index (χ1) is 1.73. The molecule has 0 aliphatic rings. The fraction of sp³-hybridized carbons (Fsp3) is 1.00. The van der Waals surface area contributed by atoms with E-state index in [9.17, 15) is 0 Å². The molecule has 0 heterocycles. The standard InChI is InChI=1S/C2H8GeO/c1-2(3)4/h2,4H,1,3H3. The number of hydrogen-bond donors (Lipinski definition) is 1. The number of rotatable bonds is 0. The van der Waals surface area contributed by atoms with Crippen molar-refractivity contribution in [1.82, 2.24) is 0 Å². The summed E-state index contributed by atoms with van der Waals surface area (Å²) in [7, 11) is 0. The third-order valence-corrected chi connectivity index (χ3v) is 0. The molecule has 1 N–H and O–H groups in total. The molecule has 1 unspecified atom stereocenters. The molecule has 0 rings (SSSR count). The Kier molecular flexibility index (Phi) is 2.01. The second-order valence-electron chi connectivity index (χ2n) is 1.09. The maximum absolute atomic E-state index is 8.14. The van der Waals surface area contributed by atoms with Gasteiger partial charge in [0.15, 0.2) is 0 Å². The summed E-state index contributed by atoms with van der Waals surface area (Å²) in [6, 6.07) is 0. The van der Waals surface area contributed by atoms with Crippen molar-refractivity contribution in [3.8, 4) is 0 Å². The first kappa shape index (κ1) is 4.50. The zero-order chi connectivity index (χ0) is 3.58. The summed E-state index contributed by atoms with van der Waals surface area (Å²) < 4.78 is 0. The molecule has 4 heavy (non-hydrogen) atoms. The van der Waals surface area contributed by atoms with E-state index in [0.29, 0.717) is 16.5 Å². The summed E-state index contributed by atoms with van der Waals surface area (Å²) in [5, 5.41) is 8.14. The Bertz CT molecular complexity index is 10.8. The second-order valence-corrected chi connectivity index (χ2v) is 4.60. The Morgan fingerprint density at radius 2 is 2.00 bits per heavy atom. The van der Waals surface area contributed by atoms with Crippen LogP contribution >= 0.6 is 0 Å². The van der Waals surface area contributed by atoms with Gasteiger partial charge in [-0.2, -0.15) is 0 Å². The Labute approximate surface area is 34.2 Å². The molecule has 0 aliphatic heterocycles. The van der Waals surface area contributed by atoms with Gasteiger partial charge in [0.1, 0.15) is 0 Å². The molecular weight excluding hydrogens is 113 g/mol. The maximum atomic E-state index is 8.14. The minimum atomic E-state index is 0.0208. The van der Waals surface area contributed by atoms with E-state index in [1.165, 1.54) is 0 Å². The molecule has 0 radical (unpaired) electrons. The van der Waals surface area contributed by atoms with Gasteiger partial charge in [0.05, 0.1) is 0 Å². The van der Waals surface area contributed by atoms with Gasteiger partial charge in [0.25, 0.3) is 0 Å². The summed E-state index contributed by atoms with van der Waals surface area (Å²) in [5.41, 5.74) is 0. The van der Waals surface area contributed by atoms with E-state index in [4.69, 9.17) is 5.11 Å². The average molecular weight is 121 g/mol. The van der Waals surface area contributed by atoms with Gasteiger partial charge in [-0.05, 0) is 0 Å². The molecule has 0 saturated carbocycles. The molecule has 0 saturated heterocycles. The minimum absolute atomic E-state index is 0.0208. The summed E-state index contributed by atoms with van der Waals surface area (Å²) in [5.74, 6) is 0. The van der Waals surface area contributed by atoms with E-state index >= 15 is 0 Å². The fourth-order valence-electron chi connectivity index (χ4n) is 0. The van der Waals surface area contributed by atoms with E-state index in [1.807, 2.05) is 0 Å². The van der Waals surface area contributed by atoms with Gasteiger partial charge in [0.2, 0.25) is 0 Å². The normalized spacial score (nSPS) is 16.5. The van der Waals surface area contributed by atoms with E-state index in [1.54, 1.807) is 6.92 Å². The van der Waals surface area contributed by atoms with Gasteiger partial charge in [-0.1, -0.05) is 0 Å². The van der Waals surface area contributed by atoms with Crippen LogP contribution in [0.3, 0.4) is 0 Å². The quantitative estimate of drug-likeness (QED) is 0.394. The monoisotopic (exact) mass is 122 g/mol. The number of aliphatic hydroxyl groups is 1. The Hall–Kier alpha value is 0.503. The predicted molar refractivity (Wildman–Crippen MR) is 21.6 cm³/mol. The molecule has 0 aliphatic carbocycles. The molecule has 0 bridgehead atoms. The molecular formula is C2H8GeO. The van der Waals surface area contributed by atoms with Gasteiger partial charge in [-0.25, -0.2) is 0 Å². The van der Waals surface area contributed by atoms with Crippen molar-refractivity contribution < 1.29 is 5.11 Å². The van der Waals surface area contributed by atoms with Crippen LogP contribution in [0.4, 0.5) is 0 Å². The SMILES string of the molecule is C[CH](O)[GeH3]. The summed E-state index contributed by atoms with van der Waals surface area (Å²) in [4.78, 5) is 0.0208. The molecule has 1 nitrogen and oxygen atoms in total. The van der Waals surface area contributed by atoms with Crippen LogP contribution in [0.1, 0.15) is 6.92 Å². The van der Waals surface area contributed by atoms with Crippen molar-refractivity contribution >= 4 is 16.5 Å². The molecule has 0 aromatic heterocycles. The summed E-state index contributed by atoms with van der Waals surface area (Å²) in [6.07, 6.45) is 0. The van der Waals surface area contributed by atoms with Crippen LogP contribution in [0, 0.1) is 0 Å². The average Bonchev–Trinajstić information content (AvgIpc) is 0.811. The predicted octanol–water partition coefficient (Wildman–Crippen LogP) is -1.31. The van der Waals surface area contributed by atoms with E-state index in [2.05, 4.69) is 0 Å². The van der Waals surface area contributed by atoms with Gasteiger partial charge in [-0.3, -0.25) is 0 Å². The molecule has 0 fully saturated rings. The third kappa shape index (κ3) is 22.4. The van der Waals surface area contributed by atoms with Crippen LogP contribution in [0.25, 0.3) is 0 Å². The fourth-order valence-corrected chi connectivity index (χ4v) is 0. The van der Waals surface area contributed by atoms with E-state index in [-0.39, 0.29) is 4.94 Å². The van der Waals surface area contributed by atoms with Crippen molar-refractivity contribution in [3.63, 3.8) is 0 Å². The number of hydrogen-bond acceptors (Lipinski definition) is 1. The van der Waals surface area contributed by atoms with Crippen molar-refractivity contribution in [1.29, 1.82) is 0 Å². The molecule has 1 atom stereocenters. The van der Waals surface area contributed by atoms with Crippen LogP contribution in [0.2, 0.25) is 0 Å². The first-order valence-electron chi connectivity index (χ1n) is 1.41. The Balaban J connectivity index is 2.32. The van der Waals surface area contributed by atoms with Gasteiger partial charge in [-0.15, -0.1) is 0 Å². The van der Waals surface area contributed by atoms with Crippen molar-refractivity contribution in [2.24, 2.45) is 0 Å². The van der Waals surface area contributed by atoms with Crippen molar-refractivity contribution in [2.75, 3.05) is 0 Å². The van der Waals surface area contributed by atoms with E-state index in [0.717, 1.165) is 0 Å². The number of aliphatic hydroxyl groups excluding tert-OH is 1. The topological polar surface area (TPSA) is 20.2 Å². The molecule has 0 spiro atoms. The van der Waals surface area contributed by atoms with Crippen molar-refractivity contribution in [2.45, 2.75) is 11.9 Å². The second kappa shape index (κ2) is 1.79. The van der Waals surface area contributed by atoms with Crippen LogP contribution in [-0.4, -0.2) is 26.6 Å². The van der Waals surface area contributed by atoms with Crippen LogP contribution in [0.15, 0.2) is 0 Å². The van der Waals surface area contributed by atoms with Crippen LogP contribution < -0.4 is 0 Å². The van der Waals surface area contributed by atoms with Gasteiger partial charge >= 0.3 is 33.5 Å². The van der Waals surface area contributed by atoms with Gasteiger partial charge < -0.3 is 0 Å². The van der Waals surface area contributed by atoms with Crippen LogP contribution in [0.5, 0.6) is 0 Å². The third-order valence-electron chi connectivity index (χ3n) is 0. The first-order valence-corrected chi connectivity index (χ1v) is 3.84. The molecule has 0 amide bonds.